The van der Waals surface area contributed by atoms with Crippen molar-refractivity contribution in [1.29, 1.82) is 0 Å². The fourth-order valence-electron chi connectivity index (χ4n) is 6.51. The number of nitrogens with zero attached hydrogens (tertiary/aromatic N) is 1. The number of carbonyl (C=O) groups excluding carboxylic acids is 1. The molecular weight excluding hydrogens is 374 g/mol. The molecule has 4 aliphatic rings. The van der Waals surface area contributed by atoms with Gasteiger partial charge in [0.2, 0.25) is 0 Å². The lowest BCUT2D eigenvalue weighted by Crippen LogP contribution is -2.64. The molecule has 2 unspecified atom stereocenters. The number of carboxylic acids is 2. The van der Waals surface area contributed by atoms with Crippen molar-refractivity contribution in [2.24, 2.45) is 22.2 Å². The zero-order valence-corrected chi connectivity index (χ0v) is 15.8. The molecule has 4 aliphatic carbocycles. The summed E-state index contributed by atoms with van der Waals surface area (Å²) in [6.45, 7) is 0. The Morgan fingerprint density at radius 2 is 1.48 bits per heavy atom. The zero-order chi connectivity index (χ0) is 20.4. The number of aliphatic carboxylic acids is 2. The van der Waals surface area contributed by atoms with Crippen LogP contribution in [-0.4, -0.2) is 33.1 Å². The van der Waals surface area contributed by atoms with Crippen molar-refractivity contribution in [1.82, 2.24) is 4.98 Å². The molecule has 7 heteroatoms. The Morgan fingerprint density at radius 3 is 2.14 bits per heavy atom. The van der Waals surface area contributed by atoms with Crippen molar-refractivity contribution in [2.75, 3.05) is 0 Å². The van der Waals surface area contributed by atoms with Gasteiger partial charge in [0.1, 0.15) is 5.52 Å². The minimum absolute atomic E-state index is 0.0893. The van der Waals surface area contributed by atoms with E-state index in [4.69, 9.17) is 4.74 Å². The lowest BCUT2D eigenvalue weighted by atomic mass is 9.39. The number of esters is 1. The SMILES string of the molecule is O=C(O)C12CC3CC(C(=O)O)(C1)CC(C(=O)Oc1cccc4cccnc14)(C3)C2. The molecule has 1 aromatic heterocycles. The number of fused-ring (bicyclic) bond motifs is 1. The summed E-state index contributed by atoms with van der Waals surface area (Å²) in [5, 5.41) is 20.7. The molecule has 4 fully saturated rings. The smallest absolute Gasteiger partial charge is 0.317 e. The summed E-state index contributed by atoms with van der Waals surface area (Å²) < 4.78 is 5.77. The first kappa shape index (κ1) is 18.1. The van der Waals surface area contributed by atoms with Gasteiger partial charge >= 0.3 is 17.9 Å². The molecular formula is C22H21NO6. The highest BCUT2D eigenvalue weighted by atomic mass is 16.5. The molecule has 1 heterocycles. The van der Waals surface area contributed by atoms with Crippen molar-refractivity contribution in [3.63, 3.8) is 0 Å². The molecule has 4 saturated carbocycles. The second-order valence-corrected chi connectivity index (χ2v) is 9.18. The standard InChI is InChI=1S/C22H21NO6/c24-17(25)20-7-13-8-21(10-20,18(26)27)12-22(9-13,11-20)19(28)29-15-5-1-3-14-4-2-6-23-16(14)15/h1-6,13H,7-12H2,(H,24,25)(H,26,27). The van der Waals surface area contributed by atoms with E-state index in [1.54, 1.807) is 24.4 Å². The molecule has 2 aromatic rings. The van der Waals surface area contributed by atoms with Crippen LogP contribution in [0.4, 0.5) is 0 Å². The molecule has 0 amide bonds. The van der Waals surface area contributed by atoms with Crippen LogP contribution in [0.2, 0.25) is 0 Å². The molecule has 150 valence electrons. The van der Waals surface area contributed by atoms with E-state index in [0.717, 1.165) is 5.39 Å². The summed E-state index contributed by atoms with van der Waals surface area (Å²) in [5.41, 5.74) is -2.89. The summed E-state index contributed by atoms with van der Waals surface area (Å²) in [6.07, 6.45) is 3.32. The minimum Gasteiger partial charge on any atom is -0.481 e. The quantitative estimate of drug-likeness (QED) is 0.603. The number of hydrogen-bond acceptors (Lipinski definition) is 5. The number of benzene rings is 1. The van der Waals surface area contributed by atoms with Crippen LogP contribution < -0.4 is 4.74 Å². The average Bonchev–Trinajstić information content (AvgIpc) is 2.67. The van der Waals surface area contributed by atoms with Gasteiger partial charge in [-0.3, -0.25) is 19.4 Å². The predicted molar refractivity (Wildman–Crippen MR) is 101 cm³/mol. The first-order valence-electron chi connectivity index (χ1n) is 9.81. The van der Waals surface area contributed by atoms with E-state index in [0.29, 0.717) is 30.5 Å². The van der Waals surface area contributed by atoms with Crippen LogP contribution in [0.3, 0.4) is 0 Å². The number of carboxylic acid groups (broad SMARTS) is 2. The number of rotatable bonds is 4. The Morgan fingerprint density at radius 1 is 0.897 bits per heavy atom. The Labute approximate surface area is 166 Å². The van der Waals surface area contributed by atoms with E-state index in [1.165, 1.54) is 0 Å². The monoisotopic (exact) mass is 395 g/mol. The minimum atomic E-state index is -1.17. The van der Waals surface area contributed by atoms with Crippen LogP contribution >= 0.6 is 0 Å². The van der Waals surface area contributed by atoms with Gasteiger partial charge in [-0.25, -0.2) is 0 Å². The second kappa shape index (κ2) is 5.78. The van der Waals surface area contributed by atoms with Gasteiger partial charge in [-0.2, -0.15) is 0 Å². The van der Waals surface area contributed by atoms with Crippen LogP contribution in [0.1, 0.15) is 38.5 Å². The van der Waals surface area contributed by atoms with Crippen molar-refractivity contribution in [3.05, 3.63) is 36.5 Å². The molecule has 4 bridgehead atoms. The van der Waals surface area contributed by atoms with Crippen LogP contribution in [-0.2, 0) is 14.4 Å². The van der Waals surface area contributed by atoms with E-state index in [-0.39, 0.29) is 25.2 Å². The van der Waals surface area contributed by atoms with Crippen molar-refractivity contribution >= 4 is 28.8 Å². The van der Waals surface area contributed by atoms with E-state index in [2.05, 4.69) is 4.98 Å². The maximum atomic E-state index is 13.4. The normalized spacial score (nSPS) is 34.8. The van der Waals surface area contributed by atoms with Gasteiger partial charge in [0.15, 0.2) is 5.75 Å². The van der Waals surface area contributed by atoms with Gasteiger partial charge in [-0.15, -0.1) is 0 Å². The Hall–Kier alpha value is -2.96. The van der Waals surface area contributed by atoms with Crippen LogP contribution in [0, 0.1) is 22.2 Å². The van der Waals surface area contributed by atoms with E-state index < -0.39 is 34.2 Å². The highest BCUT2D eigenvalue weighted by Gasteiger charge is 2.70. The fraction of sp³-hybridized carbons (Fsp3) is 0.455. The average molecular weight is 395 g/mol. The largest absolute Gasteiger partial charge is 0.481 e. The maximum Gasteiger partial charge on any atom is 0.317 e. The number of ether oxygens (including phenoxy) is 1. The molecule has 0 aliphatic heterocycles. The first-order valence-corrected chi connectivity index (χ1v) is 9.81. The third kappa shape index (κ3) is 2.49. The Bertz CT molecular complexity index is 1030. The lowest BCUT2D eigenvalue weighted by Gasteiger charge is -2.62. The third-order valence-corrected chi connectivity index (χ3v) is 7.21. The Kier molecular flexibility index (Phi) is 3.61. The predicted octanol–water partition coefficient (Wildman–Crippen LogP) is 3.27. The van der Waals surface area contributed by atoms with Gasteiger partial charge in [-0.05, 0) is 56.6 Å². The van der Waals surface area contributed by atoms with Gasteiger partial charge in [0, 0.05) is 11.6 Å². The number of carbonyl (C=O) groups is 3. The molecule has 0 spiro atoms. The van der Waals surface area contributed by atoms with Gasteiger partial charge < -0.3 is 14.9 Å². The van der Waals surface area contributed by atoms with Crippen LogP contribution in [0.5, 0.6) is 5.75 Å². The highest BCUT2D eigenvalue weighted by molar-refractivity contribution is 5.90. The fourth-order valence-corrected chi connectivity index (χ4v) is 6.51. The molecule has 2 atom stereocenters. The molecule has 6 rings (SSSR count). The summed E-state index contributed by atoms with van der Waals surface area (Å²) in [4.78, 5) is 42.0. The highest BCUT2D eigenvalue weighted by Crippen LogP contribution is 2.70. The van der Waals surface area contributed by atoms with Gasteiger partial charge in [0.25, 0.3) is 0 Å². The van der Waals surface area contributed by atoms with E-state index >= 15 is 0 Å². The molecule has 7 nitrogen and oxygen atoms in total. The topological polar surface area (TPSA) is 114 Å². The number of aromatic nitrogens is 1. The third-order valence-electron chi connectivity index (χ3n) is 7.21. The second-order valence-electron chi connectivity index (χ2n) is 9.18. The molecule has 2 N–H and O–H groups in total. The van der Waals surface area contributed by atoms with Crippen molar-refractivity contribution in [2.45, 2.75) is 38.5 Å². The number of hydrogen-bond donors (Lipinski definition) is 2. The van der Waals surface area contributed by atoms with Gasteiger partial charge in [-0.1, -0.05) is 18.2 Å². The van der Waals surface area contributed by atoms with Crippen molar-refractivity contribution < 1.29 is 29.3 Å². The van der Waals surface area contributed by atoms with Crippen LogP contribution in [0.25, 0.3) is 10.9 Å². The summed E-state index contributed by atoms with van der Waals surface area (Å²) >= 11 is 0. The summed E-state index contributed by atoms with van der Waals surface area (Å²) in [6, 6.07) is 8.95. The summed E-state index contributed by atoms with van der Waals surface area (Å²) in [7, 11) is 0. The number of para-hydroxylation sites is 1. The lowest BCUT2D eigenvalue weighted by molar-refractivity contribution is -0.207. The van der Waals surface area contributed by atoms with Crippen LogP contribution in [0.15, 0.2) is 36.5 Å². The maximum absolute atomic E-state index is 13.4. The zero-order valence-electron chi connectivity index (χ0n) is 15.8. The van der Waals surface area contributed by atoms with Gasteiger partial charge in [0.05, 0.1) is 16.2 Å². The van der Waals surface area contributed by atoms with Crippen molar-refractivity contribution in [3.8, 4) is 5.75 Å². The first-order chi connectivity index (χ1) is 13.8. The number of pyridine rings is 1. The molecule has 29 heavy (non-hydrogen) atoms. The van der Waals surface area contributed by atoms with E-state index in [1.807, 2.05) is 12.1 Å². The molecule has 0 radical (unpaired) electrons. The van der Waals surface area contributed by atoms with E-state index in [9.17, 15) is 24.6 Å². The molecule has 1 aromatic carbocycles. The summed E-state index contributed by atoms with van der Waals surface area (Å²) in [5.74, 6) is -2.32. The molecule has 0 saturated heterocycles. The Balaban J connectivity index is 1.55.